The third-order valence-electron chi connectivity index (χ3n) is 3.68. The molecule has 0 aliphatic carbocycles. The number of hydrogen-bond acceptors (Lipinski definition) is 4. The van der Waals surface area contributed by atoms with Gasteiger partial charge in [-0.1, -0.05) is 0 Å². The summed E-state index contributed by atoms with van der Waals surface area (Å²) < 4.78 is 0. The fourth-order valence-electron chi connectivity index (χ4n) is 2.33. The maximum absolute atomic E-state index is 12.0. The zero-order valence-electron chi connectivity index (χ0n) is 11.4. The molecule has 0 aromatic heterocycles. The number of nitrogens with zero attached hydrogens (tertiary/aromatic N) is 3. The van der Waals surface area contributed by atoms with Crippen molar-refractivity contribution in [3.63, 3.8) is 0 Å². The molecule has 2 saturated heterocycles. The van der Waals surface area contributed by atoms with E-state index in [1.54, 1.807) is 13.8 Å². The first-order valence-electron chi connectivity index (χ1n) is 6.45. The van der Waals surface area contributed by atoms with Crippen molar-refractivity contribution in [2.24, 2.45) is 0 Å². The van der Waals surface area contributed by atoms with Crippen LogP contribution in [0.1, 0.15) is 13.8 Å². The molecule has 6 nitrogen and oxygen atoms in total. The van der Waals surface area contributed by atoms with Crippen molar-refractivity contribution in [2.75, 3.05) is 46.3 Å². The van der Waals surface area contributed by atoms with Gasteiger partial charge >= 0.3 is 6.03 Å². The van der Waals surface area contributed by atoms with Gasteiger partial charge in [0.25, 0.3) is 5.91 Å². The van der Waals surface area contributed by atoms with Crippen LogP contribution in [-0.4, -0.2) is 78.5 Å². The highest BCUT2D eigenvalue weighted by atomic mass is 16.2. The second-order valence-electron chi connectivity index (χ2n) is 5.66. The first kappa shape index (κ1) is 13.3. The van der Waals surface area contributed by atoms with Crippen LogP contribution in [0.5, 0.6) is 0 Å². The summed E-state index contributed by atoms with van der Waals surface area (Å²) in [6, 6.07) is -0.265. The summed E-state index contributed by atoms with van der Waals surface area (Å²) in [5, 5.41) is 2.70. The van der Waals surface area contributed by atoms with Crippen LogP contribution in [0.4, 0.5) is 4.79 Å². The molecule has 2 rings (SSSR count). The van der Waals surface area contributed by atoms with Crippen LogP contribution >= 0.6 is 0 Å². The molecule has 0 aromatic carbocycles. The van der Waals surface area contributed by atoms with Crippen LogP contribution in [0.2, 0.25) is 0 Å². The quantitative estimate of drug-likeness (QED) is 0.694. The number of nitrogens with one attached hydrogen (secondary N) is 1. The molecule has 0 unspecified atom stereocenters. The van der Waals surface area contributed by atoms with Gasteiger partial charge in [0.15, 0.2) is 0 Å². The molecule has 18 heavy (non-hydrogen) atoms. The summed E-state index contributed by atoms with van der Waals surface area (Å²) in [6.45, 7) is 8.83. The zero-order chi connectivity index (χ0) is 13.3. The van der Waals surface area contributed by atoms with Crippen molar-refractivity contribution < 1.29 is 9.59 Å². The first-order chi connectivity index (χ1) is 8.40. The predicted octanol–water partition coefficient (Wildman–Crippen LogP) is -0.436. The van der Waals surface area contributed by atoms with E-state index in [-0.39, 0.29) is 11.9 Å². The topological polar surface area (TPSA) is 55.9 Å². The molecule has 2 aliphatic rings. The molecule has 0 bridgehead atoms. The average Bonchev–Trinajstić information content (AvgIpc) is 2.49. The molecule has 102 valence electrons. The fraction of sp³-hybridized carbons (Fsp3) is 0.833. The van der Waals surface area contributed by atoms with E-state index in [0.29, 0.717) is 6.54 Å². The summed E-state index contributed by atoms with van der Waals surface area (Å²) in [5.41, 5.74) is -0.751. The number of urea groups is 1. The molecule has 0 aromatic rings. The van der Waals surface area contributed by atoms with Crippen molar-refractivity contribution in [2.45, 2.75) is 19.4 Å². The molecule has 2 fully saturated rings. The highest BCUT2D eigenvalue weighted by Crippen LogP contribution is 2.16. The Morgan fingerprint density at radius 3 is 2.22 bits per heavy atom. The first-order valence-corrected chi connectivity index (χ1v) is 6.45. The lowest BCUT2D eigenvalue weighted by molar-refractivity contribution is -0.130. The van der Waals surface area contributed by atoms with Crippen LogP contribution < -0.4 is 5.32 Å². The summed E-state index contributed by atoms with van der Waals surface area (Å²) >= 11 is 0. The SMILES string of the molecule is CN1CCN(CCN2C(=O)NC(C)(C)C2=O)CC1. The monoisotopic (exact) mass is 254 g/mol. The normalized spacial score (nSPS) is 25.6. The van der Waals surface area contributed by atoms with Gasteiger partial charge in [-0.3, -0.25) is 14.6 Å². The van der Waals surface area contributed by atoms with Crippen LogP contribution in [0.25, 0.3) is 0 Å². The van der Waals surface area contributed by atoms with Gasteiger partial charge in [-0.25, -0.2) is 4.79 Å². The number of imide groups is 1. The smallest absolute Gasteiger partial charge is 0.324 e. The second kappa shape index (κ2) is 4.85. The molecule has 2 heterocycles. The number of piperazine rings is 1. The maximum Gasteiger partial charge on any atom is 0.325 e. The van der Waals surface area contributed by atoms with Crippen molar-refractivity contribution in [1.82, 2.24) is 20.0 Å². The second-order valence-corrected chi connectivity index (χ2v) is 5.66. The summed E-state index contributed by atoms with van der Waals surface area (Å²) in [7, 11) is 2.11. The van der Waals surface area contributed by atoms with E-state index in [1.807, 2.05) is 0 Å². The van der Waals surface area contributed by atoms with Crippen molar-refractivity contribution in [3.05, 3.63) is 0 Å². The average molecular weight is 254 g/mol. The number of likely N-dealkylation sites (N-methyl/N-ethyl adjacent to an activating group) is 1. The van der Waals surface area contributed by atoms with E-state index in [1.165, 1.54) is 4.90 Å². The molecule has 3 amide bonds. The summed E-state index contributed by atoms with van der Waals surface area (Å²) in [4.78, 5) is 29.6. The molecular formula is C12H22N4O2. The molecule has 0 radical (unpaired) electrons. The molecule has 1 N–H and O–H groups in total. The minimum atomic E-state index is -0.751. The number of hydrogen-bond donors (Lipinski definition) is 1. The Kier molecular flexibility index (Phi) is 3.59. The van der Waals surface area contributed by atoms with Gasteiger partial charge < -0.3 is 10.2 Å². The Labute approximate surface area is 108 Å². The van der Waals surface area contributed by atoms with Gasteiger partial charge in [-0.2, -0.15) is 0 Å². The fourth-order valence-corrected chi connectivity index (χ4v) is 2.33. The van der Waals surface area contributed by atoms with Crippen LogP contribution in [0, 0.1) is 0 Å². The molecular weight excluding hydrogens is 232 g/mol. The standard InChI is InChI=1S/C12H22N4O2/c1-12(2)10(17)16(11(18)13-12)9-8-15-6-4-14(3)5-7-15/h4-9H2,1-3H3,(H,13,18). The summed E-state index contributed by atoms with van der Waals surface area (Å²) in [5.74, 6) is -0.123. The van der Waals surface area contributed by atoms with Crippen molar-refractivity contribution in [3.8, 4) is 0 Å². The van der Waals surface area contributed by atoms with Gasteiger partial charge in [-0.05, 0) is 20.9 Å². The van der Waals surface area contributed by atoms with Gasteiger partial charge in [-0.15, -0.1) is 0 Å². The summed E-state index contributed by atoms with van der Waals surface area (Å²) in [6.07, 6.45) is 0. The van der Waals surface area contributed by atoms with Crippen LogP contribution in [-0.2, 0) is 4.79 Å². The van der Waals surface area contributed by atoms with E-state index in [0.717, 1.165) is 32.7 Å². The van der Waals surface area contributed by atoms with Gasteiger partial charge in [0.1, 0.15) is 5.54 Å². The molecule has 0 spiro atoms. The predicted molar refractivity (Wildman–Crippen MR) is 68.3 cm³/mol. The number of carbonyl (C=O) groups is 2. The third-order valence-corrected chi connectivity index (χ3v) is 3.68. The Morgan fingerprint density at radius 1 is 1.11 bits per heavy atom. The highest BCUT2D eigenvalue weighted by Gasteiger charge is 2.43. The Hall–Kier alpha value is -1.14. The minimum absolute atomic E-state index is 0.123. The van der Waals surface area contributed by atoms with E-state index < -0.39 is 5.54 Å². The Bertz CT molecular complexity index is 348. The maximum atomic E-state index is 12.0. The number of rotatable bonds is 3. The number of carbonyl (C=O) groups excluding carboxylic acids is 2. The van der Waals surface area contributed by atoms with E-state index >= 15 is 0 Å². The Balaban J connectivity index is 1.84. The number of amides is 3. The molecule has 0 saturated carbocycles. The van der Waals surface area contributed by atoms with E-state index in [4.69, 9.17) is 0 Å². The Morgan fingerprint density at radius 2 is 1.72 bits per heavy atom. The molecule has 6 heteroatoms. The van der Waals surface area contributed by atoms with Crippen LogP contribution in [0.3, 0.4) is 0 Å². The zero-order valence-corrected chi connectivity index (χ0v) is 11.4. The molecule has 0 atom stereocenters. The van der Waals surface area contributed by atoms with Gasteiger partial charge in [0.2, 0.25) is 0 Å². The lowest BCUT2D eigenvalue weighted by Crippen LogP contribution is -2.48. The van der Waals surface area contributed by atoms with Crippen molar-refractivity contribution in [1.29, 1.82) is 0 Å². The van der Waals surface area contributed by atoms with Gasteiger partial charge in [0.05, 0.1) is 0 Å². The molecule has 2 aliphatic heterocycles. The van der Waals surface area contributed by atoms with E-state index in [9.17, 15) is 9.59 Å². The van der Waals surface area contributed by atoms with Gasteiger partial charge in [0, 0.05) is 39.3 Å². The largest absolute Gasteiger partial charge is 0.325 e. The third kappa shape index (κ3) is 2.64. The lowest BCUT2D eigenvalue weighted by atomic mass is 10.1. The van der Waals surface area contributed by atoms with Crippen molar-refractivity contribution >= 4 is 11.9 Å². The van der Waals surface area contributed by atoms with Crippen LogP contribution in [0.15, 0.2) is 0 Å². The highest BCUT2D eigenvalue weighted by molar-refractivity contribution is 6.06. The van der Waals surface area contributed by atoms with E-state index in [2.05, 4.69) is 22.2 Å². The lowest BCUT2D eigenvalue weighted by Gasteiger charge is -2.32. The minimum Gasteiger partial charge on any atom is -0.324 e.